The first-order valence-electron chi connectivity index (χ1n) is 5.54. The first-order chi connectivity index (χ1) is 8.54. The van der Waals surface area contributed by atoms with E-state index < -0.39 is 11.9 Å². The number of nitrogens with zero attached hydrogens (tertiary/aromatic N) is 2. The molecule has 3 N–H and O–H groups in total. The normalized spacial score (nSPS) is 10.7. The molecule has 2 rings (SSSR count). The minimum absolute atomic E-state index is 0.00272. The zero-order valence-electron chi connectivity index (χ0n) is 9.88. The van der Waals surface area contributed by atoms with Crippen molar-refractivity contribution in [1.29, 1.82) is 0 Å². The lowest BCUT2D eigenvalue weighted by Crippen LogP contribution is -2.20. The standard InChI is InChI=1S/C12H13N3O3/c1-2-10-14-11-7(12(17)18)4-3-5-8(11)15(10)6-9(13)16/h3-5H,2,6H2,1H3,(H2,13,16)(H,17,18). The van der Waals surface area contributed by atoms with Gasteiger partial charge >= 0.3 is 5.97 Å². The van der Waals surface area contributed by atoms with Crippen molar-refractivity contribution >= 4 is 22.9 Å². The molecule has 18 heavy (non-hydrogen) atoms. The van der Waals surface area contributed by atoms with Crippen LogP contribution in [0.1, 0.15) is 23.1 Å². The quantitative estimate of drug-likeness (QED) is 0.834. The fraction of sp³-hybridized carbons (Fsp3) is 0.250. The smallest absolute Gasteiger partial charge is 0.337 e. The molecule has 0 aliphatic heterocycles. The molecular formula is C12H13N3O3. The van der Waals surface area contributed by atoms with Gasteiger partial charge in [0.2, 0.25) is 5.91 Å². The fourth-order valence-electron chi connectivity index (χ4n) is 1.97. The Morgan fingerprint density at radius 2 is 2.17 bits per heavy atom. The van der Waals surface area contributed by atoms with E-state index >= 15 is 0 Å². The molecule has 0 saturated heterocycles. The van der Waals surface area contributed by atoms with E-state index in [2.05, 4.69) is 4.98 Å². The number of aromatic nitrogens is 2. The molecule has 0 aliphatic carbocycles. The number of amides is 1. The van der Waals surface area contributed by atoms with Gasteiger partial charge in [-0.3, -0.25) is 4.79 Å². The van der Waals surface area contributed by atoms with Crippen molar-refractivity contribution in [3.63, 3.8) is 0 Å². The zero-order chi connectivity index (χ0) is 13.3. The Bertz CT molecular complexity index is 631. The van der Waals surface area contributed by atoms with E-state index in [0.29, 0.717) is 23.3 Å². The average molecular weight is 247 g/mol. The number of aromatic carboxylic acids is 1. The fourth-order valence-corrected chi connectivity index (χ4v) is 1.97. The number of hydrogen-bond acceptors (Lipinski definition) is 3. The van der Waals surface area contributed by atoms with Gasteiger partial charge in [0.15, 0.2) is 0 Å². The number of carboxylic acid groups (broad SMARTS) is 1. The molecule has 0 atom stereocenters. The highest BCUT2D eigenvalue weighted by atomic mass is 16.4. The Labute approximate surface area is 103 Å². The van der Waals surface area contributed by atoms with Crippen LogP contribution in [0.2, 0.25) is 0 Å². The van der Waals surface area contributed by atoms with Gasteiger partial charge in [0, 0.05) is 6.42 Å². The van der Waals surface area contributed by atoms with Gasteiger partial charge in [-0.2, -0.15) is 0 Å². The van der Waals surface area contributed by atoms with Crippen LogP contribution in [-0.2, 0) is 17.8 Å². The van der Waals surface area contributed by atoms with Crippen molar-refractivity contribution in [2.24, 2.45) is 5.73 Å². The van der Waals surface area contributed by atoms with Crippen molar-refractivity contribution in [3.8, 4) is 0 Å². The maximum atomic E-state index is 11.1. The molecule has 1 amide bonds. The number of benzene rings is 1. The highest BCUT2D eigenvalue weighted by Gasteiger charge is 2.16. The molecule has 1 aromatic carbocycles. The summed E-state index contributed by atoms with van der Waals surface area (Å²) in [6.45, 7) is 1.89. The number of aryl methyl sites for hydroxylation is 1. The number of hydrogen-bond donors (Lipinski definition) is 2. The van der Waals surface area contributed by atoms with E-state index in [0.717, 1.165) is 0 Å². The summed E-state index contributed by atoms with van der Waals surface area (Å²) in [5.41, 5.74) is 6.33. The van der Waals surface area contributed by atoms with Gasteiger partial charge in [-0.15, -0.1) is 0 Å². The molecule has 94 valence electrons. The SMILES string of the molecule is CCc1nc2c(C(=O)O)cccc2n1CC(N)=O. The van der Waals surface area contributed by atoms with Crippen LogP contribution in [0, 0.1) is 0 Å². The first kappa shape index (κ1) is 12.1. The van der Waals surface area contributed by atoms with Gasteiger partial charge < -0.3 is 15.4 Å². The van der Waals surface area contributed by atoms with Gasteiger partial charge in [0.1, 0.15) is 17.9 Å². The van der Waals surface area contributed by atoms with Gasteiger partial charge in [0.05, 0.1) is 11.1 Å². The second-order valence-corrected chi connectivity index (χ2v) is 3.91. The molecule has 0 radical (unpaired) electrons. The average Bonchev–Trinajstić information content (AvgIpc) is 2.66. The largest absolute Gasteiger partial charge is 0.478 e. The molecule has 2 aromatic rings. The minimum atomic E-state index is -1.04. The van der Waals surface area contributed by atoms with E-state index in [1.54, 1.807) is 16.7 Å². The number of imidazole rings is 1. The summed E-state index contributed by atoms with van der Waals surface area (Å²) in [5, 5.41) is 9.10. The van der Waals surface area contributed by atoms with E-state index in [-0.39, 0.29) is 12.1 Å². The summed E-state index contributed by atoms with van der Waals surface area (Å²) < 4.78 is 1.66. The Morgan fingerprint density at radius 3 is 2.72 bits per heavy atom. The van der Waals surface area contributed by atoms with Crippen LogP contribution in [0.15, 0.2) is 18.2 Å². The number of para-hydroxylation sites is 1. The number of carbonyl (C=O) groups is 2. The number of primary amides is 1. The van der Waals surface area contributed by atoms with Gasteiger partial charge in [-0.1, -0.05) is 13.0 Å². The van der Waals surface area contributed by atoms with E-state index in [9.17, 15) is 9.59 Å². The third-order valence-electron chi connectivity index (χ3n) is 2.72. The van der Waals surface area contributed by atoms with Crippen LogP contribution in [0.25, 0.3) is 11.0 Å². The molecule has 0 unspecified atom stereocenters. The second-order valence-electron chi connectivity index (χ2n) is 3.91. The number of rotatable bonds is 4. The van der Waals surface area contributed by atoms with Gasteiger partial charge in [-0.25, -0.2) is 9.78 Å². The van der Waals surface area contributed by atoms with E-state index in [4.69, 9.17) is 10.8 Å². The molecule has 0 spiro atoms. The van der Waals surface area contributed by atoms with Crippen LogP contribution in [0.3, 0.4) is 0 Å². The Morgan fingerprint density at radius 1 is 1.44 bits per heavy atom. The summed E-state index contributed by atoms with van der Waals surface area (Å²) >= 11 is 0. The van der Waals surface area contributed by atoms with Crippen molar-refractivity contribution in [1.82, 2.24) is 9.55 Å². The predicted molar refractivity (Wildman–Crippen MR) is 65.3 cm³/mol. The number of carbonyl (C=O) groups excluding carboxylic acids is 1. The highest BCUT2D eigenvalue weighted by molar-refractivity contribution is 6.01. The third kappa shape index (κ3) is 1.92. The lowest BCUT2D eigenvalue weighted by molar-refractivity contribution is -0.118. The van der Waals surface area contributed by atoms with Crippen molar-refractivity contribution in [2.75, 3.05) is 0 Å². The zero-order valence-corrected chi connectivity index (χ0v) is 9.88. The molecule has 6 nitrogen and oxygen atoms in total. The minimum Gasteiger partial charge on any atom is -0.478 e. The lowest BCUT2D eigenvalue weighted by Gasteiger charge is -2.04. The Hall–Kier alpha value is -2.37. The molecule has 0 fully saturated rings. The van der Waals surface area contributed by atoms with Crippen molar-refractivity contribution in [3.05, 3.63) is 29.6 Å². The summed E-state index contributed by atoms with van der Waals surface area (Å²) in [5.74, 6) is -0.866. The van der Waals surface area contributed by atoms with Gasteiger partial charge in [-0.05, 0) is 12.1 Å². The molecule has 0 aliphatic rings. The van der Waals surface area contributed by atoms with Gasteiger partial charge in [0.25, 0.3) is 0 Å². The van der Waals surface area contributed by atoms with Crippen LogP contribution >= 0.6 is 0 Å². The number of nitrogens with two attached hydrogens (primary N) is 1. The molecule has 0 bridgehead atoms. The molecule has 1 aromatic heterocycles. The Balaban J connectivity index is 2.73. The summed E-state index contributed by atoms with van der Waals surface area (Å²) in [7, 11) is 0. The molecule has 1 heterocycles. The molecule has 6 heteroatoms. The topological polar surface area (TPSA) is 98.2 Å². The predicted octanol–water partition coefficient (Wildman–Crippen LogP) is 0.782. The summed E-state index contributed by atoms with van der Waals surface area (Å²) in [6, 6.07) is 4.85. The van der Waals surface area contributed by atoms with E-state index in [1.807, 2.05) is 6.92 Å². The monoisotopic (exact) mass is 247 g/mol. The van der Waals surface area contributed by atoms with Crippen LogP contribution in [0.4, 0.5) is 0 Å². The van der Waals surface area contributed by atoms with Crippen LogP contribution in [-0.4, -0.2) is 26.5 Å². The third-order valence-corrected chi connectivity index (χ3v) is 2.72. The van der Waals surface area contributed by atoms with Crippen LogP contribution < -0.4 is 5.73 Å². The van der Waals surface area contributed by atoms with Crippen LogP contribution in [0.5, 0.6) is 0 Å². The second kappa shape index (κ2) is 4.48. The van der Waals surface area contributed by atoms with Crippen molar-refractivity contribution in [2.45, 2.75) is 19.9 Å². The van der Waals surface area contributed by atoms with E-state index in [1.165, 1.54) is 6.07 Å². The maximum Gasteiger partial charge on any atom is 0.337 e. The number of carboxylic acids is 1. The van der Waals surface area contributed by atoms with Crippen molar-refractivity contribution < 1.29 is 14.7 Å². The summed E-state index contributed by atoms with van der Waals surface area (Å²) in [6.07, 6.45) is 0.598. The Kier molecular flexibility index (Phi) is 3.01. The number of fused-ring (bicyclic) bond motifs is 1. The maximum absolute atomic E-state index is 11.1. The first-order valence-corrected chi connectivity index (χ1v) is 5.54. The highest BCUT2D eigenvalue weighted by Crippen LogP contribution is 2.20. The summed E-state index contributed by atoms with van der Waals surface area (Å²) in [4.78, 5) is 26.4. The lowest BCUT2D eigenvalue weighted by atomic mass is 10.2. The molecule has 0 saturated carbocycles. The molecular weight excluding hydrogens is 234 g/mol.